The van der Waals surface area contributed by atoms with E-state index in [9.17, 15) is 4.79 Å². The first kappa shape index (κ1) is 36.2. The summed E-state index contributed by atoms with van der Waals surface area (Å²) in [6, 6.07) is 41.3. The minimum absolute atomic E-state index is 0.0121. The van der Waals surface area contributed by atoms with Crippen LogP contribution in [0.25, 0.3) is 0 Å². The first-order valence-electron chi connectivity index (χ1n) is 18.0. The Morgan fingerprint density at radius 3 is 1.80 bits per heavy atom. The van der Waals surface area contributed by atoms with Crippen LogP contribution in [0.15, 0.2) is 121 Å². The highest BCUT2D eigenvalue weighted by atomic mass is 16.7. The molecular formula is C41H49BN6O3. The SMILES string of the molecule is CC1(C)OB(CCCCC(NC(c2ccccc2)(c2ccccc2)c2ccccc2)c2nnnn2CC(=O)NCCc2ccccc2)OC1(C)C. The molecule has 9 nitrogen and oxygen atoms in total. The second-order valence-corrected chi connectivity index (χ2v) is 14.3. The van der Waals surface area contributed by atoms with E-state index in [0.29, 0.717) is 18.8 Å². The first-order chi connectivity index (χ1) is 24.7. The molecule has 1 saturated heterocycles. The van der Waals surface area contributed by atoms with Crippen molar-refractivity contribution in [2.24, 2.45) is 0 Å². The maximum Gasteiger partial charge on any atom is 0.457 e. The second kappa shape index (κ2) is 16.1. The second-order valence-electron chi connectivity index (χ2n) is 14.3. The summed E-state index contributed by atoms with van der Waals surface area (Å²) in [6.07, 6.45) is 3.97. The van der Waals surface area contributed by atoms with Gasteiger partial charge in [-0.05, 0) is 79.5 Å². The summed E-state index contributed by atoms with van der Waals surface area (Å²) < 4.78 is 14.2. The lowest BCUT2D eigenvalue weighted by molar-refractivity contribution is -0.121. The molecule has 1 atom stereocenters. The van der Waals surface area contributed by atoms with Gasteiger partial charge >= 0.3 is 7.12 Å². The molecule has 10 heteroatoms. The summed E-state index contributed by atoms with van der Waals surface area (Å²) >= 11 is 0. The zero-order chi connectivity index (χ0) is 35.7. The summed E-state index contributed by atoms with van der Waals surface area (Å²) in [7, 11) is -0.261. The van der Waals surface area contributed by atoms with Crippen molar-refractivity contribution < 1.29 is 14.1 Å². The van der Waals surface area contributed by atoms with E-state index in [0.717, 1.165) is 42.3 Å². The number of hydrogen-bond acceptors (Lipinski definition) is 7. The number of amides is 1. The van der Waals surface area contributed by atoms with E-state index >= 15 is 0 Å². The minimum Gasteiger partial charge on any atom is -0.403 e. The lowest BCUT2D eigenvalue weighted by Gasteiger charge is -2.40. The van der Waals surface area contributed by atoms with Crippen LogP contribution in [0.3, 0.4) is 0 Å². The first-order valence-corrected chi connectivity index (χ1v) is 18.0. The zero-order valence-corrected chi connectivity index (χ0v) is 30.2. The Bertz CT molecular complexity index is 1710. The Morgan fingerprint density at radius 2 is 1.27 bits per heavy atom. The quantitative estimate of drug-likeness (QED) is 0.0661. The molecule has 264 valence electrons. The van der Waals surface area contributed by atoms with Crippen LogP contribution in [0, 0.1) is 0 Å². The monoisotopic (exact) mass is 684 g/mol. The normalized spacial score (nSPS) is 15.8. The van der Waals surface area contributed by atoms with Crippen LogP contribution in [0.4, 0.5) is 0 Å². The number of nitrogens with one attached hydrogen (secondary N) is 2. The maximum absolute atomic E-state index is 13.3. The van der Waals surface area contributed by atoms with Crippen molar-refractivity contribution in [3.8, 4) is 0 Å². The molecule has 1 unspecified atom stereocenters. The predicted octanol–water partition coefficient (Wildman–Crippen LogP) is 6.92. The van der Waals surface area contributed by atoms with Gasteiger partial charge in [0.25, 0.3) is 0 Å². The Morgan fingerprint density at radius 1 is 0.765 bits per heavy atom. The molecule has 1 aliphatic rings. The Kier molecular flexibility index (Phi) is 11.4. The molecule has 4 aromatic carbocycles. The molecule has 51 heavy (non-hydrogen) atoms. The maximum atomic E-state index is 13.3. The molecule has 2 heterocycles. The Hall–Kier alpha value is -4.64. The van der Waals surface area contributed by atoms with Crippen molar-refractivity contribution in [2.75, 3.05) is 6.54 Å². The van der Waals surface area contributed by atoms with E-state index in [1.165, 1.54) is 5.56 Å². The van der Waals surface area contributed by atoms with Crippen LogP contribution < -0.4 is 10.6 Å². The molecule has 0 radical (unpaired) electrons. The number of carbonyl (C=O) groups excluding carboxylic acids is 1. The van der Waals surface area contributed by atoms with Crippen LogP contribution in [0.1, 0.15) is 81.1 Å². The van der Waals surface area contributed by atoms with Gasteiger partial charge in [0, 0.05) is 6.54 Å². The number of unbranched alkanes of at least 4 members (excludes halogenated alkanes) is 1. The molecule has 1 aromatic heterocycles. The van der Waals surface area contributed by atoms with Gasteiger partial charge in [-0.1, -0.05) is 134 Å². The lowest BCUT2D eigenvalue weighted by Crippen LogP contribution is -2.47. The summed E-state index contributed by atoms with van der Waals surface area (Å²) in [5, 5.41) is 20.1. The number of hydrogen-bond donors (Lipinski definition) is 2. The molecule has 0 spiro atoms. The van der Waals surface area contributed by atoms with E-state index in [2.05, 4.69) is 139 Å². The number of nitrogens with zero attached hydrogens (tertiary/aromatic N) is 4. The van der Waals surface area contributed by atoms with Crippen LogP contribution >= 0.6 is 0 Å². The molecule has 2 N–H and O–H groups in total. The van der Waals surface area contributed by atoms with E-state index in [-0.39, 0.29) is 36.8 Å². The highest BCUT2D eigenvalue weighted by Crippen LogP contribution is 2.41. The molecular weight excluding hydrogens is 635 g/mol. The highest BCUT2D eigenvalue weighted by Gasteiger charge is 2.50. The molecule has 1 aliphatic heterocycles. The van der Waals surface area contributed by atoms with Gasteiger partial charge in [-0.15, -0.1) is 5.10 Å². The van der Waals surface area contributed by atoms with E-state index in [4.69, 9.17) is 9.31 Å². The fraction of sp³-hybridized carbons (Fsp3) is 0.366. The smallest absolute Gasteiger partial charge is 0.403 e. The number of tetrazole rings is 1. The van der Waals surface area contributed by atoms with E-state index in [1.807, 2.05) is 36.4 Å². The van der Waals surface area contributed by atoms with Crippen molar-refractivity contribution in [3.05, 3.63) is 149 Å². The summed E-state index contributed by atoms with van der Waals surface area (Å²) in [5.74, 6) is 0.468. The standard InChI is InChI=1S/C41H49BN6O3/c1-39(2)40(3,4)51-42(50-39)29-18-17-27-36(38-45-46-47-48(38)31-37(49)43-30-28-32-19-9-5-10-20-32)44-41(33-21-11-6-12-22-33,34-23-13-7-14-24-34)35-25-15-8-16-26-35/h5-16,19-26,36,44H,17-18,27-31H2,1-4H3,(H,43,49). The molecule has 1 amide bonds. The fourth-order valence-electron chi connectivity index (χ4n) is 6.84. The Labute approximate surface area is 302 Å². The number of aromatic nitrogens is 4. The topological polar surface area (TPSA) is 103 Å². The van der Waals surface area contributed by atoms with Crippen LogP contribution in [0.2, 0.25) is 6.32 Å². The largest absolute Gasteiger partial charge is 0.457 e. The third-order valence-corrected chi connectivity index (χ3v) is 10.2. The number of rotatable bonds is 16. The van der Waals surface area contributed by atoms with Gasteiger partial charge in [-0.2, -0.15) is 0 Å². The third-order valence-electron chi connectivity index (χ3n) is 10.2. The average Bonchev–Trinajstić information content (AvgIpc) is 3.68. The van der Waals surface area contributed by atoms with Gasteiger partial charge in [0.05, 0.1) is 22.8 Å². The van der Waals surface area contributed by atoms with Crippen molar-refractivity contribution in [1.82, 2.24) is 30.8 Å². The molecule has 0 saturated carbocycles. The van der Waals surface area contributed by atoms with Gasteiger partial charge in [0.15, 0.2) is 5.82 Å². The Balaban J connectivity index is 1.29. The highest BCUT2D eigenvalue weighted by molar-refractivity contribution is 6.45. The molecule has 0 bridgehead atoms. The van der Waals surface area contributed by atoms with Crippen molar-refractivity contribution in [2.45, 2.75) is 89.0 Å². The summed E-state index contributed by atoms with van der Waals surface area (Å²) in [5.41, 5.74) is 2.93. The van der Waals surface area contributed by atoms with Gasteiger partial charge in [-0.25, -0.2) is 4.68 Å². The van der Waals surface area contributed by atoms with E-state index in [1.54, 1.807) is 4.68 Å². The third kappa shape index (κ3) is 8.47. The average molecular weight is 685 g/mol. The summed E-state index contributed by atoms with van der Waals surface area (Å²) in [4.78, 5) is 13.3. The lowest BCUT2D eigenvalue weighted by atomic mass is 9.76. The van der Waals surface area contributed by atoms with Gasteiger partial charge in [-0.3, -0.25) is 10.1 Å². The van der Waals surface area contributed by atoms with Crippen molar-refractivity contribution in [3.63, 3.8) is 0 Å². The zero-order valence-electron chi connectivity index (χ0n) is 30.2. The van der Waals surface area contributed by atoms with Gasteiger partial charge in [0.1, 0.15) is 6.54 Å². The molecule has 6 rings (SSSR count). The van der Waals surface area contributed by atoms with Gasteiger partial charge < -0.3 is 14.6 Å². The predicted molar refractivity (Wildman–Crippen MR) is 201 cm³/mol. The van der Waals surface area contributed by atoms with Crippen LogP contribution in [-0.4, -0.2) is 51.0 Å². The number of benzene rings is 4. The molecule has 5 aromatic rings. The molecule has 0 aliphatic carbocycles. The van der Waals surface area contributed by atoms with E-state index < -0.39 is 5.54 Å². The van der Waals surface area contributed by atoms with Crippen LogP contribution in [-0.2, 0) is 32.6 Å². The summed E-state index contributed by atoms with van der Waals surface area (Å²) in [6.45, 7) is 8.88. The fourth-order valence-corrected chi connectivity index (χ4v) is 6.84. The molecule has 1 fully saturated rings. The number of carbonyl (C=O) groups is 1. The van der Waals surface area contributed by atoms with Crippen molar-refractivity contribution >= 4 is 13.0 Å². The van der Waals surface area contributed by atoms with Crippen LogP contribution in [0.5, 0.6) is 0 Å². The van der Waals surface area contributed by atoms with Gasteiger partial charge in [0.2, 0.25) is 5.91 Å². The van der Waals surface area contributed by atoms with Crippen molar-refractivity contribution in [1.29, 1.82) is 0 Å². The minimum atomic E-state index is -0.755.